The molecule has 1 saturated heterocycles. The van der Waals surface area contributed by atoms with Crippen LogP contribution in [0.1, 0.15) is 25.7 Å². The monoisotopic (exact) mass is 297 g/mol. The molecule has 1 aliphatic carbocycles. The molecule has 0 bridgehead atoms. The Morgan fingerprint density at radius 1 is 1.29 bits per heavy atom. The predicted octanol–water partition coefficient (Wildman–Crippen LogP) is 0.361. The highest BCUT2D eigenvalue weighted by Gasteiger charge is 2.33. The third-order valence-electron chi connectivity index (χ3n) is 4.08. The number of carbonyl (C=O) groups is 3. The van der Waals surface area contributed by atoms with Crippen LogP contribution in [0.4, 0.5) is 4.79 Å². The molecule has 7 heteroatoms. The largest absolute Gasteiger partial charge is 0.480 e. The zero-order valence-electron chi connectivity index (χ0n) is 12.4. The molecular formula is C14H23N3O4. The van der Waals surface area contributed by atoms with Gasteiger partial charge in [0.25, 0.3) is 0 Å². The highest BCUT2D eigenvalue weighted by atomic mass is 16.4. The van der Waals surface area contributed by atoms with Gasteiger partial charge in [-0.1, -0.05) is 0 Å². The number of urea groups is 1. The van der Waals surface area contributed by atoms with Gasteiger partial charge in [0.15, 0.2) is 0 Å². The van der Waals surface area contributed by atoms with Crippen molar-refractivity contribution in [1.29, 1.82) is 0 Å². The van der Waals surface area contributed by atoms with Crippen molar-refractivity contribution < 1.29 is 19.5 Å². The van der Waals surface area contributed by atoms with E-state index in [1.165, 1.54) is 4.90 Å². The number of rotatable bonds is 5. The molecule has 118 valence electrons. The lowest BCUT2D eigenvalue weighted by atomic mass is 9.97. The summed E-state index contributed by atoms with van der Waals surface area (Å²) in [6.45, 7) is 1.20. The molecule has 0 aromatic carbocycles. The highest BCUT2D eigenvalue weighted by Crippen LogP contribution is 2.30. The Bertz CT molecular complexity index is 422. The molecule has 0 radical (unpaired) electrons. The lowest BCUT2D eigenvalue weighted by Gasteiger charge is -2.35. The van der Waals surface area contributed by atoms with Crippen molar-refractivity contribution in [2.24, 2.45) is 11.8 Å². The summed E-state index contributed by atoms with van der Waals surface area (Å²) < 4.78 is 0. The normalized spacial score (nSPS) is 21.8. The lowest BCUT2D eigenvalue weighted by molar-refractivity contribution is -0.138. The average Bonchev–Trinajstić information content (AvgIpc) is 3.28. The molecule has 0 aromatic rings. The van der Waals surface area contributed by atoms with Gasteiger partial charge in [0.05, 0.1) is 5.92 Å². The van der Waals surface area contributed by atoms with E-state index in [9.17, 15) is 14.4 Å². The van der Waals surface area contributed by atoms with Gasteiger partial charge in [0.1, 0.15) is 6.54 Å². The van der Waals surface area contributed by atoms with Crippen LogP contribution in [-0.4, -0.2) is 66.0 Å². The Hall–Kier alpha value is -1.79. The molecule has 21 heavy (non-hydrogen) atoms. The molecule has 1 atom stereocenters. The number of carbonyl (C=O) groups excluding carboxylic acids is 2. The van der Waals surface area contributed by atoms with Crippen molar-refractivity contribution in [3.63, 3.8) is 0 Å². The first-order chi connectivity index (χ1) is 10.0. The molecule has 0 aromatic heterocycles. The quantitative estimate of drug-likeness (QED) is 0.766. The van der Waals surface area contributed by atoms with Crippen LogP contribution in [0.3, 0.4) is 0 Å². The topological polar surface area (TPSA) is 90.0 Å². The second kappa shape index (κ2) is 6.78. The first-order valence-corrected chi connectivity index (χ1v) is 7.48. The summed E-state index contributed by atoms with van der Waals surface area (Å²) in [7, 11) is 1.59. The standard InChI is InChI=1S/C14H23N3O4/c1-15-13(20)11-3-2-6-16(8-11)14(21)17(9-12(18)19)7-10-4-5-10/h10-11H,2-9H2,1H3,(H,15,20)(H,18,19). The Balaban J connectivity index is 1.97. The summed E-state index contributed by atoms with van der Waals surface area (Å²) in [6.07, 6.45) is 3.66. The summed E-state index contributed by atoms with van der Waals surface area (Å²) in [4.78, 5) is 38.2. The van der Waals surface area contributed by atoms with Crippen molar-refractivity contribution in [2.45, 2.75) is 25.7 Å². The van der Waals surface area contributed by atoms with Crippen LogP contribution in [0.2, 0.25) is 0 Å². The van der Waals surface area contributed by atoms with Crippen molar-refractivity contribution in [1.82, 2.24) is 15.1 Å². The minimum absolute atomic E-state index is 0.0560. The third-order valence-corrected chi connectivity index (χ3v) is 4.08. The maximum Gasteiger partial charge on any atom is 0.323 e. The average molecular weight is 297 g/mol. The van der Waals surface area contributed by atoms with Gasteiger partial charge in [0, 0.05) is 26.7 Å². The van der Waals surface area contributed by atoms with Gasteiger partial charge in [0.2, 0.25) is 5.91 Å². The molecular weight excluding hydrogens is 274 g/mol. The number of hydrogen-bond donors (Lipinski definition) is 2. The Labute approximate surface area is 124 Å². The van der Waals surface area contributed by atoms with E-state index in [0.29, 0.717) is 25.6 Å². The van der Waals surface area contributed by atoms with Gasteiger partial charge in [-0.3, -0.25) is 9.59 Å². The van der Waals surface area contributed by atoms with Gasteiger partial charge >= 0.3 is 12.0 Å². The van der Waals surface area contributed by atoms with Crippen LogP contribution in [0.15, 0.2) is 0 Å². The number of amides is 3. The highest BCUT2D eigenvalue weighted by molar-refractivity contribution is 5.82. The van der Waals surface area contributed by atoms with Gasteiger partial charge in [-0.15, -0.1) is 0 Å². The fraction of sp³-hybridized carbons (Fsp3) is 0.786. The maximum atomic E-state index is 12.5. The first-order valence-electron chi connectivity index (χ1n) is 7.48. The van der Waals surface area contributed by atoms with E-state index in [0.717, 1.165) is 25.7 Å². The number of piperidine rings is 1. The summed E-state index contributed by atoms with van der Waals surface area (Å²) in [5.41, 5.74) is 0. The zero-order chi connectivity index (χ0) is 15.4. The lowest BCUT2D eigenvalue weighted by Crippen LogP contribution is -2.51. The van der Waals surface area contributed by atoms with Crippen LogP contribution in [0.25, 0.3) is 0 Å². The zero-order valence-corrected chi connectivity index (χ0v) is 12.4. The van der Waals surface area contributed by atoms with Crippen molar-refractivity contribution in [3.05, 3.63) is 0 Å². The van der Waals surface area contributed by atoms with Crippen molar-refractivity contribution in [2.75, 3.05) is 33.2 Å². The number of carboxylic acid groups (broad SMARTS) is 1. The van der Waals surface area contributed by atoms with Gasteiger partial charge < -0.3 is 20.2 Å². The van der Waals surface area contributed by atoms with E-state index >= 15 is 0 Å². The van der Waals surface area contributed by atoms with E-state index in [1.54, 1.807) is 11.9 Å². The smallest absolute Gasteiger partial charge is 0.323 e. The summed E-state index contributed by atoms with van der Waals surface area (Å²) in [5, 5.41) is 11.6. The van der Waals surface area contributed by atoms with Gasteiger partial charge in [-0.05, 0) is 31.6 Å². The number of aliphatic carboxylic acids is 1. The maximum absolute atomic E-state index is 12.5. The molecule has 7 nitrogen and oxygen atoms in total. The fourth-order valence-electron chi connectivity index (χ4n) is 2.75. The number of nitrogens with zero attached hydrogens (tertiary/aromatic N) is 2. The third kappa shape index (κ3) is 4.34. The van der Waals surface area contributed by atoms with Crippen LogP contribution < -0.4 is 5.32 Å². The Kier molecular flexibility index (Phi) is 5.03. The van der Waals surface area contributed by atoms with Crippen LogP contribution >= 0.6 is 0 Å². The molecule has 2 N–H and O–H groups in total. The molecule has 2 aliphatic rings. The molecule has 2 fully saturated rings. The first kappa shape index (κ1) is 15.6. The summed E-state index contributed by atoms with van der Waals surface area (Å²) in [6, 6.07) is -0.252. The molecule has 1 unspecified atom stereocenters. The Morgan fingerprint density at radius 2 is 2.00 bits per heavy atom. The Morgan fingerprint density at radius 3 is 2.57 bits per heavy atom. The van der Waals surface area contributed by atoms with E-state index in [1.807, 2.05) is 0 Å². The van der Waals surface area contributed by atoms with E-state index in [2.05, 4.69) is 5.32 Å². The minimum Gasteiger partial charge on any atom is -0.480 e. The summed E-state index contributed by atoms with van der Waals surface area (Å²) >= 11 is 0. The molecule has 3 amide bonds. The fourth-order valence-corrected chi connectivity index (χ4v) is 2.75. The van der Waals surface area contributed by atoms with E-state index < -0.39 is 5.97 Å². The van der Waals surface area contributed by atoms with Gasteiger partial charge in [-0.2, -0.15) is 0 Å². The molecule has 2 rings (SSSR count). The molecule has 1 aliphatic heterocycles. The molecule has 0 spiro atoms. The second-order valence-electron chi connectivity index (χ2n) is 5.90. The van der Waals surface area contributed by atoms with Crippen LogP contribution in [0.5, 0.6) is 0 Å². The molecule has 1 saturated carbocycles. The SMILES string of the molecule is CNC(=O)C1CCCN(C(=O)N(CC(=O)O)CC2CC2)C1. The number of nitrogens with one attached hydrogen (secondary N) is 1. The van der Waals surface area contributed by atoms with Crippen molar-refractivity contribution in [3.8, 4) is 0 Å². The summed E-state index contributed by atoms with van der Waals surface area (Å²) in [5.74, 6) is -0.809. The number of carboxylic acids is 1. The van der Waals surface area contributed by atoms with E-state index in [4.69, 9.17) is 5.11 Å². The van der Waals surface area contributed by atoms with Crippen molar-refractivity contribution >= 4 is 17.9 Å². The number of likely N-dealkylation sites (tertiary alicyclic amines) is 1. The number of hydrogen-bond acceptors (Lipinski definition) is 3. The van der Waals surface area contributed by atoms with Gasteiger partial charge in [-0.25, -0.2) is 4.79 Å². The molecule has 1 heterocycles. The predicted molar refractivity (Wildman–Crippen MR) is 75.7 cm³/mol. The van der Waals surface area contributed by atoms with Crippen LogP contribution in [0, 0.1) is 11.8 Å². The van der Waals surface area contributed by atoms with E-state index in [-0.39, 0.29) is 24.4 Å². The second-order valence-corrected chi connectivity index (χ2v) is 5.90. The van der Waals surface area contributed by atoms with Crippen LogP contribution in [-0.2, 0) is 9.59 Å². The minimum atomic E-state index is -0.996.